The predicted molar refractivity (Wildman–Crippen MR) is 89.2 cm³/mol. The number of aromatic carboxylic acids is 1. The topological polar surface area (TPSA) is 66.8 Å². The van der Waals surface area contributed by atoms with Crippen LogP contribution in [0.15, 0.2) is 42.5 Å². The standard InChI is InChI=1S/C19H18FNO4/c1-25-15-7-2-12(3-8-15)11-21(14-5-6-14)18(22)16-9-4-13(19(23)24)10-17(16)20/h2-4,7-10,14H,5-6,11H2,1H3,(H,23,24). The van der Waals surface area contributed by atoms with Gasteiger partial charge in [-0.05, 0) is 48.7 Å². The van der Waals surface area contributed by atoms with Crippen molar-refractivity contribution in [3.05, 3.63) is 65.0 Å². The number of hydrogen-bond donors (Lipinski definition) is 1. The molecule has 130 valence electrons. The summed E-state index contributed by atoms with van der Waals surface area (Å²) in [6.07, 6.45) is 1.77. The molecule has 5 nitrogen and oxygen atoms in total. The Labute approximate surface area is 144 Å². The number of ether oxygens (including phenoxy) is 1. The van der Waals surface area contributed by atoms with Gasteiger partial charge in [0.05, 0.1) is 18.2 Å². The van der Waals surface area contributed by atoms with Crippen LogP contribution in [0.3, 0.4) is 0 Å². The zero-order chi connectivity index (χ0) is 18.0. The van der Waals surface area contributed by atoms with Gasteiger partial charge in [0.1, 0.15) is 11.6 Å². The van der Waals surface area contributed by atoms with Gasteiger partial charge in [-0.1, -0.05) is 12.1 Å². The average molecular weight is 343 g/mol. The lowest BCUT2D eigenvalue weighted by molar-refractivity contribution is 0.0689. The molecule has 2 aromatic rings. The Balaban J connectivity index is 1.82. The van der Waals surface area contributed by atoms with Crippen molar-refractivity contribution < 1.29 is 23.8 Å². The van der Waals surface area contributed by atoms with Crippen molar-refractivity contribution >= 4 is 11.9 Å². The van der Waals surface area contributed by atoms with Crippen LogP contribution in [0.5, 0.6) is 5.75 Å². The number of halogens is 1. The first-order chi connectivity index (χ1) is 12.0. The summed E-state index contributed by atoms with van der Waals surface area (Å²) in [6, 6.07) is 10.8. The van der Waals surface area contributed by atoms with Crippen molar-refractivity contribution in [2.75, 3.05) is 7.11 Å². The first-order valence-electron chi connectivity index (χ1n) is 7.96. The number of benzene rings is 2. The van der Waals surface area contributed by atoms with E-state index in [2.05, 4.69) is 0 Å². The summed E-state index contributed by atoms with van der Waals surface area (Å²) < 4.78 is 19.3. The quantitative estimate of drug-likeness (QED) is 0.874. The Hall–Kier alpha value is -2.89. The van der Waals surface area contributed by atoms with E-state index in [9.17, 15) is 14.0 Å². The van der Waals surface area contributed by atoms with Crippen molar-refractivity contribution in [3.8, 4) is 5.75 Å². The minimum absolute atomic E-state index is 0.0909. The lowest BCUT2D eigenvalue weighted by Gasteiger charge is -2.23. The molecule has 1 saturated carbocycles. The first kappa shape index (κ1) is 17.0. The Morgan fingerprint density at radius 3 is 2.40 bits per heavy atom. The number of nitrogens with zero attached hydrogens (tertiary/aromatic N) is 1. The molecule has 1 N–H and O–H groups in total. The van der Waals surface area contributed by atoms with Gasteiger partial charge in [-0.25, -0.2) is 9.18 Å². The highest BCUT2D eigenvalue weighted by molar-refractivity contribution is 5.96. The van der Waals surface area contributed by atoms with Gasteiger partial charge >= 0.3 is 5.97 Å². The summed E-state index contributed by atoms with van der Waals surface area (Å²) in [5.74, 6) is -1.74. The normalized spacial score (nSPS) is 13.4. The van der Waals surface area contributed by atoms with Gasteiger partial charge in [-0.2, -0.15) is 0 Å². The highest BCUT2D eigenvalue weighted by atomic mass is 19.1. The van der Waals surface area contributed by atoms with Crippen LogP contribution in [0.4, 0.5) is 4.39 Å². The van der Waals surface area contributed by atoms with E-state index in [0.29, 0.717) is 6.54 Å². The molecule has 6 heteroatoms. The highest BCUT2D eigenvalue weighted by Crippen LogP contribution is 2.30. The van der Waals surface area contributed by atoms with Crippen LogP contribution in [0.25, 0.3) is 0 Å². The van der Waals surface area contributed by atoms with Crippen molar-refractivity contribution in [2.24, 2.45) is 0 Å². The molecule has 0 heterocycles. The first-order valence-corrected chi connectivity index (χ1v) is 7.96. The Morgan fingerprint density at radius 2 is 1.88 bits per heavy atom. The molecule has 0 bridgehead atoms. The van der Waals surface area contributed by atoms with Crippen LogP contribution >= 0.6 is 0 Å². The molecule has 0 unspecified atom stereocenters. The smallest absolute Gasteiger partial charge is 0.335 e. The number of hydrogen-bond acceptors (Lipinski definition) is 3. The zero-order valence-corrected chi connectivity index (χ0v) is 13.7. The molecule has 0 saturated heterocycles. The van der Waals surface area contributed by atoms with E-state index in [1.165, 1.54) is 12.1 Å². The molecule has 0 atom stereocenters. The van der Waals surface area contributed by atoms with E-state index < -0.39 is 17.7 Å². The minimum atomic E-state index is -1.23. The van der Waals surface area contributed by atoms with Gasteiger partial charge in [-0.3, -0.25) is 4.79 Å². The molecule has 25 heavy (non-hydrogen) atoms. The van der Waals surface area contributed by atoms with Gasteiger partial charge in [0, 0.05) is 12.6 Å². The largest absolute Gasteiger partial charge is 0.497 e. The van der Waals surface area contributed by atoms with Crippen molar-refractivity contribution in [3.63, 3.8) is 0 Å². The summed E-state index contributed by atoms with van der Waals surface area (Å²) in [6.45, 7) is 0.369. The maximum absolute atomic E-state index is 14.2. The summed E-state index contributed by atoms with van der Waals surface area (Å²) in [4.78, 5) is 25.3. The van der Waals surface area contributed by atoms with Gasteiger partial charge < -0.3 is 14.7 Å². The summed E-state index contributed by atoms with van der Waals surface area (Å²) in [7, 11) is 1.58. The summed E-state index contributed by atoms with van der Waals surface area (Å²) in [5, 5.41) is 8.91. The molecule has 1 aliphatic carbocycles. The minimum Gasteiger partial charge on any atom is -0.497 e. The lowest BCUT2D eigenvalue weighted by Crippen LogP contribution is -2.33. The number of methoxy groups -OCH3 is 1. The number of carboxylic acids is 1. The van der Waals surface area contributed by atoms with Crippen molar-refractivity contribution in [1.82, 2.24) is 4.90 Å². The van der Waals surface area contributed by atoms with Gasteiger partial charge in [0.15, 0.2) is 0 Å². The van der Waals surface area contributed by atoms with E-state index in [1.807, 2.05) is 24.3 Å². The molecule has 0 radical (unpaired) electrons. The molecule has 3 rings (SSSR count). The van der Waals surface area contributed by atoms with Crippen LogP contribution < -0.4 is 4.74 Å². The van der Waals surface area contributed by atoms with E-state index in [-0.39, 0.29) is 17.2 Å². The Kier molecular flexibility index (Phi) is 4.70. The summed E-state index contributed by atoms with van der Waals surface area (Å²) in [5.41, 5.74) is 0.635. The number of carbonyl (C=O) groups is 2. The molecule has 2 aromatic carbocycles. The van der Waals surface area contributed by atoms with Crippen LogP contribution in [0.1, 0.15) is 39.1 Å². The van der Waals surface area contributed by atoms with Crippen LogP contribution in [0.2, 0.25) is 0 Å². The lowest BCUT2D eigenvalue weighted by atomic mass is 10.1. The van der Waals surface area contributed by atoms with E-state index in [0.717, 1.165) is 30.2 Å². The van der Waals surface area contributed by atoms with Crippen molar-refractivity contribution in [2.45, 2.75) is 25.4 Å². The van der Waals surface area contributed by atoms with Crippen LogP contribution in [-0.2, 0) is 6.54 Å². The molecule has 1 amide bonds. The molecule has 1 fully saturated rings. The van der Waals surface area contributed by atoms with Crippen LogP contribution in [0, 0.1) is 5.82 Å². The van der Waals surface area contributed by atoms with Crippen LogP contribution in [-0.4, -0.2) is 35.0 Å². The molecule has 0 aliphatic heterocycles. The molecular formula is C19H18FNO4. The third-order valence-electron chi connectivity index (χ3n) is 4.21. The fraction of sp³-hybridized carbons (Fsp3) is 0.263. The second-order valence-electron chi connectivity index (χ2n) is 6.01. The fourth-order valence-corrected chi connectivity index (χ4v) is 2.66. The fourth-order valence-electron chi connectivity index (χ4n) is 2.66. The van der Waals surface area contributed by atoms with Gasteiger partial charge in [-0.15, -0.1) is 0 Å². The second kappa shape index (κ2) is 6.93. The van der Waals surface area contributed by atoms with E-state index in [4.69, 9.17) is 9.84 Å². The van der Waals surface area contributed by atoms with Gasteiger partial charge in [0.2, 0.25) is 0 Å². The number of amides is 1. The SMILES string of the molecule is COc1ccc(CN(C(=O)c2ccc(C(=O)O)cc2F)C2CC2)cc1. The van der Waals surface area contributed by atoms with E-state index in [1.54, 1.807) is 12.0 Å². The maximum atomic E-state index is 14.2. The number of rotatable bonds is 6. The van der Waals surface area contributed by atoms with Gasteiger partial charge in [0.25, 0.3) is 5.91 Å². The molecular weight excluding hydrogens is 325 g/mol. The third kappa shape index (κ3) is 3.79. The number of carbonyl (C=O) groups excluding carboxylic acids is 1. The Morgan fingerprint density at radius 1 is 1.20 bits per heavy atom. The van der Waals surface area contributed by atoms with Crippen molar-refractivity contribution in [1.29, 1.82) is 0 Å². The second-order valence-corrected chi connectivity index (χ2v) is 6.01. The average Bonchev–Trinajstić information content (AvgIpc) is 3.44. The molecule has 0 spiro atoms. The highest BCUT2D eigenvalue weighted by Gasteiger charge is 2.34. The third-order valence-corrected chi connectivity index (χ3v) is 4.21. The zero-order valence-electron chi connectivity index (χ0n) is 13.7. The number of carboxylic acid groups (broad SMARTS) is 1. The molecule has 0 aromatic heterocycles. The summed E-state index contributed by atoms with van der Waals surface area (Å²) >= 11 is 0. The predicted octanol–water partition coefficient (Wildman–Crippen LogP) is 3.34. The Bertz CT molecular complexity index is 800. The maximum Gasteiger partial charge on any atom is 0.335 e. The van der Waals surface area contributed by atoms with E-state index >= 15 is 0 Å². The molecule has 1 aliphatic rings. The monoisotopic (exact) mass is 343 g/mol.